The standard InChI is InChI=1S/C15H20O4/c1-3-4-11-18-13-7-9-14(10-8-13)19-12-5-6-15(16)17-2/h5-10H,3-4,11-12H2,1-2H3. The number of carbonyl (C=O) groups excluding carboxylic acids is 1. The van der Waals surface area contributed by atoms with E-state index in [9.17, 15) is 4.79 Å². The van der Waals surface area contributed by atoms with Crippen LogP contribution in [-0.2, 0) is 9.53 Å². The third-order valence-corrected chi connectivity index (χ3v) is 2.39. The number of hydrogen-bond acceptors (Lipinski definition) is 4. The van der Waals surface area contributed by atoms with Gasteiger partial charge in [0.05, 0.1) is 13.7 Å². The number of methoxy groups -OCH3 is 1. The van der Waals surface area contributed by atoms with E-state index >= 15 is 0 Å². The van der Waals surface area contributed by atoms with Crippen LogP contribution in [0.3, 0.4) is 0 Å². The zero-order chi connectivity index (χ0) is 13.9. The molecule has 0 aliphatic carbocycles. The Morgan fingerprint density at radius 3 is 2.37 bits per heavy atom. The number of ether oxygens (including phenoxy) is 3. The Morgan fingerprint density at radius 2 is 1.79 bits per heavy atom. The summed E-state index contributed by atoms with van der Waals surface area (Å²) in [7, 11) is 1.34. The fourth-order valence-corrected chi connectivity index (χ4v) is 1.32. The van der Waals surface area contributed by atoms with E-state index < -0.39 is 0 Å². The van der Waals surface area contributed by atoms with Crippen LogP contribution in [-0.4, -0.2) is 26.3 Å². The first-order valence-electron chi connectivity index (χ1n) is 6.36. The first-order chi connectivity index (χ1) is 9.26. The van der Waals surface area contributed by atoms with Crippen molar-refractivity contribution >= 4 is 5.97 Å². The van der Waals surface area contributed by atoms with Crippen molar-refractivity contribution in [2.45, 2.75) is 19.8 Å². The summed E-state index contributed by atoms with van der Waals surface area (Å²) in [5.74, 6) is 1.19. The molecule has 4 heteroatoms. The number of hydrogen-bond donors (Lipinski definition) is 0. The summed E-state index contributed by atoms with van der Waals surface area (Å²) in [5.41, 5.74) is 0. The van der Waals surface area contributed by atoms with Crippen molar-refractivity contribution in [3.63, 3.8) is 0 Å². The Balaban J connectivity index is 2.31. The molecule has 1 rings (SSSR count). The topological polar surface area (TPSA) is 44.8 Å². The summed E-state index contributed by atoms with van der Waals surface area (Å²) in [6, 6.07) is 7.42. The Morgan fingerprint density at radius 1 is 1.16 bits per heavy atom. The van der Waals surface area contributed by atoms with E-state index in [4.69, 9.17) is 9.47 Å². The van der Waals surface area contributed by atoms with Gasteiger partial charge in [0.15, 0.2) is 0 Å². The molecule has 4 nitrogen and oxygen atoms in total. The number of carbonyl (C=O) groups is 1. The van der Waals surface area contributed by atoms with Gasteiger partial charge in [0.2, 0.25) is 0 Å². The highest BCUT2D eigenvalue weighted by atomic mass is 16.5. The van der Waals surface area contributed by atoms with Gasteiger partial charge >= 0.3 is 5.97 Å². The lowest BCUT2D eigenvalue weighted by Gasteiger charge is -2.07. The molecule has 0 unspecified atom stereocenters. The van der Waals surface area contributed by atoms with E-state index in [0.29, 0.717) is 6.61 Å². The number of unbranched alkanes of at least 4 members (excludes halogenated alkanes) is 1. The van der Waals surface area contributed by atoms with E-state index in [1.807, 2.05) is 24.3 Å². The van der Waals surface area contributed by atoms with Gasteiger partial charge in [-0.05, 0) is 36.8 Å². The third kappa shape index (κ3) is 6.50. The monoisotopic (exact) mass is 264 g/mol. The normalized spacial score (nSPS) is 10.4. The Labute approximate surface area is 114 Å². The van der Waals surface area contributed by atoms with E-state index in [1.54, 1.807) is 6.08 Å². The number of rotatable bonds is 8. The molecule has 0 saturated heterocycles. The molecular weight excluding hydrogens is 244 g/mol. The highest BCUT2D eigenvalue weighted by Gasteiger charge is 1.96. The van der Waals surface area contributed by atoms with Crippen LogP contribution in [0, 0.1) is 0 Å². The van der Waals surface area contributed by atoms with Crippen molar-refractivity contribution in [2.24, 2.45) is 0 Å². The van der Waals surface area contributed by atoms with Gasteiger partial charge in [-0.2, -0.15) is 0 Å². The molecule has 1 aromatic rings. The first-order valence-corrected chi connectivity index (χ1v) is 6.36. The second-order valence-corrected chi connectivity index (χ2v) is 3.91. The molecule has 0 aliphatic heterocycles. The predicted octanol–water partition coefficient (Wildman–Crippen LogP) is 2.97. The van der Waals surface area contributed by atoms with Crippen molar-refractivity contribution in [1.82, 2.24) is 0 Å². The van der Waals surface area contributed by atoms with Gasteiger partial charge in [-0.25, -0.2) is 4.79 Å². The zero-order valence-electron chi connectivity index (χ0n) is 11.4. The molecule has 1 aromatic carbocycles. The summed E-state index contributed by atoms with van der Waals surface area (Å²) < 4.78 is 15.4. The quantitative estimate of drug-likeness (QED) is 0.411. The maximum Gasteiger partial charge on any atom is 0.330 e. The Kier molecular flexibility index (Phi) is 7.17. The fourth-order valence-electron chi connectivity index (χ4n) is 1.32. The Bertz CT molecular complexity index is 395. The first kappa shape index (κ1) is 15.1. The second-order valence-electron chi connectivity index (χ2n) is 3.91. The van der Waals surface area contributed by atoms with Gasteiger partial charge in [0.25, 0.3) is 0 Å². The molecule has 0 atom stereocenters. The van der Waals surface area contributed by atoms with Crippen LogP contribution in [0.2, 0.25) is 0 Å². The van der Waals surface area contributed by atoms with Gasteiger partial charge in [0, 0.05) is 6.08 Å². The zero-order valence-corrected chi connectivity index (χ0v) is 11.4. The van der Waals surface area contributed by atoms with E-state index in [2.05, 4.69) is 11.7 Å². The van der Waals surface area contributed by atoms with Gasteiger partial charge in [-0.3, -0.25) is 0 Å². The summed E-state index contributed by atoms with van der Waals surface area (Å²) >= 11 is 0. The van der Waals surface area contributed by atoms with Crippen LogP contribution in [0.1, 0.15) is 19.8 Å². The summed E-state index contributed by atoms with van der Waals surface area (Å²) in [5, 5.41) is 0. The van der Waals surface area contributed by atoms with Gasteiger partial charge in [-0.1, -0.05) is 13.3 Å². The van der Waals surface area contributed by atoms with Crippen molar-refractivity contribution in [3.8, 4) is 11.5 Å². The van der Waals surface area contributed by atoms with Crippen LogP contribution in [0.25, 0.3) is 0 Å². The molecular formula is C15H20O4. The molecule has 0 aromatic heterocycles. The van der Waals surface area contributed by atoms with Crippen LogP contribution < -0.4 is 9.47 Å². The molecule has 0 amide bonds. The molecule has 0 radical (unpaired) electrons. The van der Waals surface area contributed by atoms with Crippen molar-refractivity contribution in [2.75, 3.05) is 20.3 Å². The lowest BCUT2D eigenvalue weighted by Crippen LogP contribution is -1.98. The minimum Gasteiger partial charge on any atom is -0.494 e. The smallest absolute Gasteiger partial charge is 0.330 e. The summed E-state index contributed by atoms with van der Waals surface area (Å²) in [6.45, 7) is 3.19. The average Bonchev–Trinajstić information content (AvgIpc) is 2.45. The van der Waals surface area contributed by atoms with Gasteiger partial charge < -0.3 is 14.2 Å². The van der Waals surface area contributed by atoms with Crippen LogP contribution in [0.5, 0.6) is 11.5 Å². The van der Waals surface area contributed by atoms with Crippen molar-refractivity contribution in [1.29, 1.82) is 0 Å². The fraction of sp³-hybridized carbons (Fsp3) is 0.400. The summed E-state index contributed by atoms with van der Waals surface area (Å²) in [6.07, 6.45) is 5.12. The minimum absolute atomic E-state index is 0.325. The largest absolute Gasteiger partial charge is 0.494 e. The molecule has 0 heterocycles. The van der Waals surface area contributed by atoms with E-state index in [-0.39, 0.29) is 5.97 Å². The summed E-state index contributed by atoms with van der Waals surface area (Å²) in [4.78, 5) is 10.8. The maximum atomic E-state index is 10.8. The lowest BCUT2D eigenvalue weighted by molar-refractivity contribution is -0.134. The highest BCUT2D eigenvalue weighted by molar-refractivity contribution is 5.81. The molecule has 19 heavy (non-hydrogen) atoms. The molecule has 0 saturated carbocycles. The molecule has 0 aliphatic rings. The van der Waals surface area contributed by atoms with Crippen LogP contribution >= 0.6 is 0 Å². The lowest BCUT2D eigenvalue weighted by atomic mass is 10.3. The maximum absolute atomic E-state index is 10.8. The molecule has 0 N–H and O–H groups in total. The highest BCUT2D eigenvalue weighted by Crippen LogP contribution is 2.17. The van der Waals surface area contributed by atoms with Gasteiger partial charge in [0.1, 0.15) is 18.1 Å². The predicted molar refractivity (Wildman–Crippen MR) is 73.5 cm³/mol. The average molecular weight is 264 g/mol. The van der Waals surface area contributed by atoms with Gasteiger partial charge in [-0.15, -0.1) is 0 Å². The third-order valence-electron chi connectivity index (χ3n) is 2.39. The molecule has 0 spiro atoms. The van der Waals surface area contributed by atoms with Crippen LogP contribution in [0.15, 0.2) is 36.4 Å². The molecule has 0 fully saturated rings. The van der Waals surface area contributed by atoms with Crippen molar-refractivity contribution < 1.29 is 19.0 Å². The molecule has 0 bridgehead atoms. The molecule has 104 valence electrons. The van der Waals surface area contributed by atoms with Crippen molar-refractivity contribution in [3.05, 3.63) is 36.4 Å². The van der Waals surface area contributed by atoms with E-state index in [1.165, 1.54) is 13.2 Å². The SMILES string of the molecule is CCCCOc1ccc(OCC=CC(=O)OC)cc1. The Hall–Kier alpha value is -1.97. The minimum atomic E-state index is -0.386. The van der Waals surface area contributed by atoms with E-state index in [0.717, 1.165) is 30.9 Å². The van der Waals surface area contributed by atoms with Crippen LogP contribution in [0.4, 0.5) is 0 Å². The number of esters is 1. The second kappa shape index (κ2) is 9.03. The number of benzene rings is 1.